The zero-order chi connectivity index (χ0) is 21.4. The fraction of sp³-hybridized carbons (Fsp3) is 0.182. The Bertz CT molecular complexity index is 1140. The normalized spacial score (nSPS) is 16.7. The van der Waals surface area contributed by atoms with Crippen molar-refractivity contribution >= 4 is 35.8 Å². The number of fused-ring (bicyclic) bond motifs is 3. The Morgan fingerprint density at radius 1 is 1.30 bits per heavy atom. The van der Waals surface area contributed by atoms with Gasteiger partial charge in [0.15, 0.2) is 5.78 Å². The quantitative estimate of drug-likeness (QED) is 0.718. The number of nitrogens with zero attached hydrogens (tertiary/aromatic N) is 2. The molecule has 2 aliphatic heterocycles. The van der Waals surface area contributed by atoms with Gasteiger partial charge >= 0.3 is 5.97 Å². The van der Waals surface area contributed by atoms with Crippen LogP contribution in [0.4, 0.5) is 15.8 Å². The Kier molecular flexibility index (Phi) is 4.91. The van der Waals surface area contributed by atoms with E-state index >= 15 is 0 Å². The molecular formula is C22H18FN3O4. The lowest BCUT2D eigenvalue weighted by Crippen LogP contribution is -2.25. The number of hydrogen-bond acceptors (Lipinski definition) is 5. The van der Waals surface area contributed by atoms with Crippen molar-refractivity contribution in [1.82, 2.24) is 0 Å². The monoisotopic (exact) mass is 407 g/mol. The number of amides is 1. The van der Waals surface area contributed by atoms with Crippen molar-refractivity contribution in [3.05, 3.63) is 70.3 Å². The van der Waals surface area contributed by atoms with Crippen LogP contribution in [0, 0.1) is 12.7 Å². The Labute approximate surface area is 171 Å². The van der Waals surface area contributed by atoms with Crippen LogP contribution in [0.5, 0.6) is 0 Å². The molecule has 0 aliphatic carbocycles. The van der Waals surface area contributed by atoms with E-state index in [2.05, 4.69) is 10.3 Å². The third-order valence-corrected chi connectivity index (χ3v) is 5.33. The third kappa shape index (κ3) is 3.16. The molecule has 0 bridgehead atoms. The third-order valence-electron chi connectivity index (χ3n) is 5.33. The molecule has 2 aromatic carbocycles. The molecule has 1 amide bonds. The second-order valence-corrected chi connectivity index (χ2v) is 7.17. The maximum atomic E-state index is 14.7. The van der Waals surface area contributed by atoms with Gasteiger partial charge in [-0.15, -0.1) is 0 Å². The van der Waals surface area contributed by atoms with Crippen molar-refractivity contribution in [1.29, 1.82) is 0 Å². The number of hydrogen-bond donors (Lipinski definition) is 2. The van der Waals surface area contributed by atoms with Crippen molar-refractivity contribution in [2.45, 2.75) is 25.8 Å². The molecule has 2 N–H and O–H groups in total. The summed E-state index contributed by atoms with van der Waals surface area (Å²) < 4.78 is 14.7. The second kappa shape index (κ2) is 7.55. The van der Waals surface area contributed by atoms with Crippen molar-refractivity contribution < 1.29 is 23.9 Å². The summed E-state index contributed by atoms with van der Waals surface area (Å²) in [6, 6.07) is 8.41. The molecule has 0 radical (unpaired) electrons. The summed E-state index contributed by atoms with van der Waals surface area (Å²) in [7, 11) is 0. The summed E-state index contributed by atoms with van der Waals surface area (Å²) >= 11 is 0. The van der Waals surface area contributed by atoms with E-state index in [4.69, 9.17) is 0 Å². The van der Waals surface area contributed by atoms with Gasteiger partial charge in [-0.05, 0) is 24.1 Å². The number of ketones is 1. The summed E-state index contributed by atoms with van der Waals surface area (Å²) in [5, 5.41) is 11.8. The molecule has 2 aliphatic rings. The number of carbonyl (C=O) groups is 3. The Balaban J connectivity index is 1.89. The predicted octanol–water partition coefficient (Wildman–Crippen LogP) is 2.93. The molecule has 0 spiro atoms. The first-order chi connectivity index (χ1) is 14.4. The first kappa shape index (κ1) is 19.5. The van der Waals surface area contributed by atoms with Gasteiger partial charge in [0.25, 0.3) is 0 Å². The first-order valence-electron chi connectivity index (χ1n) is 9.28. The first-order valence-corrected chi connectivity index (χ1v) is 9.28. The molecule has 2 heterocycles. The van der Waals surface area contributed by atoms with Gasteiger partial charge in [-0.25, -0.2) is 4.39 Å². The van der Waals surface area contributed by atoms with Crippen molar-refractivity contribution in [3.63, 3.8) is 0 Å². The lowest BCUT2D eigenvalue weighted by atomic mass is 9.90. The van der Waals surface area contributed by atoms with Gasteiger partial charge in [-0.2, -0.15) is 0 Å². The smallest absolute Gasteiger partial charge is 0.307 e. The van der Waals surface area contributed by atoms with Crippen LogP contribution >= 0.6 is 0 Å². The molecule has 1 unspecified atom stereocenters. The number of carbonyl (C=O) groups excluding carboxylic acids is 2. The van der Waals surface area contributed by atoms with Gasteiger partial charge in [0.1, 0.15) is 5.82 Å². The van der Waals surface area contributed by atoms with E-state index in [1.807, 2.05) is 0 Å². The molecule has 2 aromatic rings. The van der Waals surface area contributed by atoms with Crippen LogP contribution in [-0.2, 0) is 27.3 Å². The number of halogens is 1. The molecule has 7 nitrogen and oxygen atoms in total. The van der Waals surface area contributed by atoms with Crippen LogP contribution in [-0.4, -0.2) is 29.5 Å². The SMILES string of the molecule is Cc1cccc(CN2C3=CN=CC(=O)C3c3c2ccc(CC(=O)O)c3NC=O)c1F. The summed E-state index contributed by atoms with van der Waals surface area (Å²) in [6.45, 7) is 1.84. The number of anilines is 2. The van der Waals surface area contributed by atoms with Gasteiger partial charge in [0, 0.05) is 23.0 Å². The van der Waals surface area contributed by atoms with E-state index in [9.17, 15) is 23.9 Å². The van der Waals surface area contributed by atoms with Gasteiger partial charge in [0.05, 0.1) is 36.5 Å². The Morgan fingerprint density at radius 2 is 2.10 bits per heavy atom. The maximum absolute atomic E-state index is 14.7. The number of carboxylic acids is 1. The second-order valence-electron chi connectivity index (χ2n) is 7.17. The number of aliphatic carboxylic acids is 1. The Morgan fingerprint density at radius 3 is 2.83 bits per heavy atom. The average molecular weight is 407 g/mol. The minimum absolute atomic E-state index is 0.157. The van der Waals surface area contributed by atoms with Crippen LogP contribution in [0.25, 0.3) is 0 Å². The number of nitrogens with one attached hydrogen (secondary N) is 1. The van der Waals surface area contributed by atoms with E-state index in [0.29, 0.717) is 40.0 Å². The van der Waals surface area contributed by atoms with Crippen molar-refractivity contribution in [3.8, 4) is 0 Å². The molecule has 0 saturated carbocycles. The molecular weight excluding hydrogens is 389 g/mol. The number of aryl methyl sites for hydroxylation is 1. The van der Waals surface area contributed by atoms with E-state index < -0.39 is 11.9 Å². The topological polar surface area (TPSA) is 99.1 Å². The highest BCUT2D eigenvalue weighted by molar-refractivity contribution is 6.33. The van der Waals surface area contributed by atoms with Crippen molar-refractivity contribution in [2.75, 3.05) is 10.2 Å². The number of carboxylic acid groups (broad SMARTS) is 1. The molecule has 0 aromatic heterocycles. The fourth-order valence-electron chi connectivity index (χ4n) is 4.03. The highest BCUT2D eigenvalue weighted by Crippen LogP contribution is 2.50. The van der Waals surface area contributed by atoms with E-state index in [0.717, 1.165) is 0 Å². The van der Waals surface area contributed by atoms with Crippen LogP contribution < -0.4 is 10.2 Å². The standard InChI is InChI=1S/C22H18FN3O4/c1-12-3-2-4-14(21(12)23)10-26-15-6-5-13(7-18(29)30)22(25-11-27)20(15)19-16(26)8-24-9-17(19)28/h2-6,8-9,11,19H,7,10H2,1H3,(H,25,27)(H,29,30). The van der Waals surface area contributed by atoms with Crippen molar-refractivity contribution in [2.24, 2.45) is 4.99 Å². The number of benzene rings is 2. The summed E-state index contributed by atoms with van der Waals surface area (Å²) in [6.07, 6.45) is 2.88. The molecule has 0 fully saturated rings. The van der Waals surface area contributed by atoms with Gasteiger partial charge in [-0.1, -0.05) is 24.3 Å². The molecule has 152 valence electrons. The zero-order valence-corrected chi connectivity index (χ0v) is 16.1. The molecule has 30 heavy (non-hydrogen) atoms. The van der Waals surface area contributed by atoms with Gasteiger partial charge < -0.3 is 15.3 Å². The molecule has 1 atom stereocenters. The number of Topliss-reactive ketones (excluding diaryl/α,β-unsaturated/α-hetero) is 1. The zero-order valence-electron chi connectivity index (χ0n) is 16.1. The lowest BCUT2D eigenvalue weighted by molar-refractivity contribution is -0.136. The summed E-state index contributed by atoms with van der Waals surface area (Å²) in [4.78, 5) is 41.1. The van der Waals surface area contributed by atoms with Crippen LogP contribution in [0.3, 0.4) is 0 Å². The van der Waals surface area contributed by atoms with Crippen LogP contribution in [0.15, 0.2) is 47.2 Å². The molecule has 8 heteroatoms. The van der Waals surface area contributed by atoms with E-state index in [1.165, 1.54) is 6.21 Å². The number of aliphatic imine (C=N–C) groups is 1. The largest absolute Gasteiger partial charge is 0.481 e. The number of rotatable bonds is 6. The average Bonchev–Trinajstić information content (AvgIpc) is 3.02. The maximum Gasteiger partial charge on any atom is 0.307 e. The minimum atomic E-state index is -1.06. The highest BCUT2D eigenvalue weighted by Gasteiger charge is 2.42. The number of allylic oxidation sites excluding steroid dienone is 1. The van der Waals surface area contributed by atoms with E-state index in [1.54, 1.807) is 48.4 Å². The molecule has 4 rings (SSSR count). The van der Waals surface area contributed by atoms with Crippen LogP contribution in [0.1, 0.15) is 28.2 Å². The molecule has 0 saturated heterocycles. The fourth-order valence-corrected chi connectivity index (χ4v) is 4.03. The summed E-state index contributed by atoms with van der Waals surface area (Å²) in [5.41, 5.74) is 3.28. The highest BCUT2D eigenvalue weighted by atomic mass is 19.1. The Hall–Kier alpha value is -3.81. The van der Waals surface area contributed by atoms with E-state index in [-0.39, 0.29) is 30.3 Å². The van der Waals surface area contributed by atoms with Gasteiger partial charge in [0.2, 0.25) is 6.41 Å². The predicted molar refractivity (Wildman–Crippen MR) is 109 cm³/mol. The summed E-state index contributed by atoms with van der Waals surface area (Å²) in [5.74, 6) is -2.43. The van der Waals surface area contributed by atoms with Crippen LogP contribution in [0.2, 0.25) is 0 Å². The lowest BCUT2D eigenvalue weighted by Gasteiger charge is -2.24. The minimum Gasteiger partial charge on any atom is -0.481 e. The van der Waals surface area contributed by atoms with Gasteiger partial charge in [-0.3, -0.25) is 19.4 Å².